The first-order valence-corrected chi connectivity index (χ1v) is 7.77. The highest BCUT2D eigenvalue weighted by Gasteiger charge is 2.23. The maximum atomic E-state index is 12.1. The molecule has 0 radical (unpaired) electrons. The van der Waals surface area contributed by atoms with E-state index in [1.807, 2.05) is 61.5 Å². The Morgan fingerprint density at radius 1 is 1.17 bits per heavy atom. The quantitative estimate of drug-likeness (QED) is 0.730. The third-order valence-corrected chi connectivity index (χ3v) is 3.89. The minimum atomic E-state index is -0.482. The van der Waals surface area contributed by atoms with E-state index in [0.29, 0.717) is 17.7 Å². The summed E-state index contributed by atoms with van der Waals surface area (Å²) in [6, 6.07) is 17.6. The van der Waals surface area contributed by atoms with Gasteiger partial charge in [-0.25, -0.2) is 4.68 Å². The van der Waals surface area contributed by atoms with Gasteiger partial charge < -0.3 is 5.73 Å². The Labute approximate surface area is 141 Å². The van der Waals surface area contributed by atoms with Gasteiger partial charge in [0.1, 0.15) is 5.69 Å². The van der Waals surface area contributed by atoms with E-state index in [9.17, 15) is 4.79 Å². The fourth-order valence-electron chi connectivity index (χ4n) is 2.73. The van der Waals surface area contributed by atoms with Crippen LogP contribution in [-0.4, -0.2) is 15.7 Å². The number of carbonyl (C=O) groups excluding carboxylic acids is 1. The monoisotopic (exact) mass is 317 g/mol. The predicted octanol–water partition coefficient (Wildman–Crippen LogP) is 3.68. The van der Waals surface area contributed by atoms with Gasteiger partial charge in [0.05, 0.1) is 16.9 Å². The summed E-state index contributed by atoms with van der Waals surface area (Å²) in [4.78, 5) is 12.1. The summed E-state index contributed by atoms with van der Waals surface area (Å²) in [5, 5.41) is 4.69. The van der Waals surface area contributed by atoms with Crippen molar-refractivity contribution in [3.8, 4) is 16.9 Å². The zero-order valence-electron chi connectivity index (χ0n) is 13.6. The third-order valence-electron chi connectivity index (χ3n) is 3.89. The molecule has 3 aromatic rings. The molecule has 0 aliphatic heterocycles. The third kappa shape index (κ3) is 2.86. The van der Waals surface area contributed by atoms with Gasteiger partial charge in [-0.05, 0) is 19.1 Å². The smallest absolute Gasteiger partial charge is 0.252 e. The number of primary amides is 1. The molecule has 1 heterocycles. The number of benzene rings is 2. The van der Waals surface area contributed by atoms with Gasteiger partial charge in [0, 0.05) is 12.0 Å². The summed E-state index contributed by atoms with van der Waals surface area (Å²) in [5.41, 5.74) is 10.4. The Kier molecular flexibility index (Phi) is 4.29. The van der Waals surface area contributed by atoms with Crippen molar-refractivity contribution >= 4 is 5.91 Å². The summed E-state index contributed by atoms with van der Waals surface area (Å²) in [6.45, 7) is 5.82. The number of carbonyl (C=O) groups is 1. The first kappa shape index (κ1) is 15.7. The van der Waals surface area contributed by atoms with Crippen LogP contribution in [-0.2, 0) is 6.42 Å². The SMILES string of the molecule is C=CCc1c(C(N)=O)c(-c2ccccc2)nn1-c1ccc(C)cc1. The maximum Gasteiger partial charge on any atom is 0.252 e. The van der Waals surface area contributed by atoms with Crippen LogP contribution in [0.15, 0.2) is 67.3 Å². The molecule has 0 aliphatic carbocycles. The van der Waals surface area contributed by atoms with E-state index in [0.717, 1.165) is 22.5 Å². The predicted molar refractivity (Wildman–Crippen MR) is 96.2 cm³/mol. The van der Waals surface area contributed by atoms with Crippen LogP contribution in [0.25, 0.3) is 16.9 Å². The zero-order chi connectivity index (χ0) is 17.1. The molecule has 2 aromatic carbocycles. The van der Waals surface area contributed by atoms with Crippen molar-refractivity contribution < 1.29 is 4.79 Å². The molecule has 3 rings (SSSR count). The Morgan fingerprint density at radius 2 is 1.83 bits per heavy atom. The van der Waals surface area contributed by atoms with Gasteiger partial charge in [-0.1, -0.05) is 54.1 Å². The van der Waals surface area contributed by atoms with Crippen molar-refractivity contribution in [2.24, 2.45) is 5.73 Å². The van der Waals surface area contributed by atoms with Gasteiger partial charge in [0.2, 0.25) is 0 Å². The van der Waals surface area contributed by atoms with Gasteiger partial charge >= 0.3 is 0 Å². The van der Waals surface area contributed by atoms with Crippen LogP contribution in [0.1, 0.15) is 21.6 Å². The van der Waals surface area contributed by atoms with Crippen LogP contribution in [0.3, 0.4) is 0 Å². The molecule has 0 fully saturated rings. The van der Waals surface area contributed by atoms with Crippen molar-refractivity contribution in [2.75, 3.05) is 0 Å². The van der Waals surface area contributed by atoms with Crippen LogP contribution in [0.2, 0.25) is 0 Å². The Hall–Kier alpha value is -3.14. The van der Waals surface area contributed by atoms with Gasteiger partial charge in [-0.15, -0.1) is 6.58 Å². The lowest BCUT2D eigenvalue weighted by atomic mass is 10.0. The van der Waals surface area contributed by atoms with Crippen LogP contribution in [0.4, 0.5) is 0 Å². The standard InChI is InChI=1S/C20H19N3O/c1-3-7-17-18(20(21)24)19(15-8-5-4-6-9-15)22-23(17)16-12-10-14(2)11-13-16/h3-6,8-13H,1,7H2,2H3,(H2,21,24). The van der Waals surface area contributed by atoms with Gasteiger partial charge in [-0.3, -0.25) is 4.79 Å². The van der Waals surface area contributed by atoms with E-state index >= 15 is 0 Å². The molecule has 0 aliphatic rings. The number of hydrogen-bond acceptors (Lipinski definition) is 2. The molecule has 0 spiro atoms. The number of nitrogens with zero attached hydrogens (tertiary/aromatic N) is 2. The Morgan fingerprint density at radius 3 is 2.42 bits per heavy atom. The topological polar surface area (TPSA) is 60.9 Å². The average molecular weight is 317 g/mol. The molecule has 0 saturated heterocycles. The molecular weight excluding hydrogens is 298 g/mol. The first-order chi connectivity index (χ1) is 11.6. The number of allylic oxidation sites excluding steroid dienone is 1. The van der Waals surface area contributed by atoms with Crippen LogP contribution in [0.5, 0.6) is 0 Å². The molecule has 1 aromatic heterocycles. The highest BCUT2D eigenvalue weighted by Crippen LogP contribution is 2.28. The summed E-state index contributed by atoms with van der Waals surface area (Å²) in [5.74, 6) is -0.482. The second-order valence-electron chi connectivity index (χ2n) is 5.64. The molecule has 1 amide bonds. The van der Waals surface area contributed by atoms with E-state index in [4.69, 9.17) is 5.73 Å². The zero-order valence-corrected chi connectivity index (χ0v) is 13.6. The molecule has 120 valence electrons. The Bertz CT molecular complexity index is 877. The van der Waals surface area contributed by atoms with Crippen molar-refractivity contribution in [2.45, 2.75) is 13.3 Å². The van der Waals surface area contributed by atoms with E-state index in [-0.39, 0.29) is 0 Å². The maximum absolute atomic E-state index is 12.1. The van der Waals surface area contributed by atoms with Crippen LogP contribution < -0.4 is 5.73 Å². The number of aryl methyl sites for hydroxylation is 1. The molecule has 24 heavy (non-hydrogen) atoms. The number of amides is 1. The molecular formula is C20H19N3O. The fraction of sp³-hybridized carbons (Fsp3) is 0.100. The molecule has 0 saturated carbocycles. The van der Waals surface area contributed by atoms with Crippen molar-refractivity contribution in [1.82, 2.24) is 9.78 Å². The molecule has 2 N–H and O–H groups in total. The highest BCUT2D eigenvalue weighted by molar-refractivity contribution is 6.00. The van der Waals surface area contributed by atoms with E-state index in [1.54, 1.807) is 10.8 Å². The first-order valence-electron chi connectivity index (χ1n) is 7.77. The Balaban J connectivity index is 2.27. The lowest BCUT2D eigenvalue weighted by Crippen LogP contribution is -2.14. The van der Waals surface area contributed by atoms with Crippen molar-refractivity contribution in [1.29, 1.82) is 0 Å². The lowest BCUT2D eigenvalue weighted by molar-refractivity contribution is 0.1000. The number of rotatable bonds is 5. The lowest BCUT2D eigenvalue weighted by Gasteiger charge is -2.07. The molecule has 4 nitrogen and oxygen atoms in total. The minimum absolute atomic E-state index is 0.446. The summed E-state index contributed by atoms with van der Waals surface area (Å²) >= 11 is 0. The van der Waals surface area contributed by atoms with E-state index in [2.05, 4.69) is 11.7 Å². The molecule has 0 bridgehead atoms. The molecule has 0 unspecified atom stereocenters. The fourth-order valence-corrected chi connectivity index (χ4v) is 2.73. The van der Waals surface area contributed by atoms with E-state index < -0.39 is 5.91 Å². The summed E-state index contributed by atoms with van der Waals surface area (Å²) in [6.07, 6.45) is 2.26. The summed E-state index contributed by atoms with van der Waals surface area (Å²) < 4.78 is 1.78. The van der Waals surface area contributed by atoms with Gasteiger partial charge in [0.15, 0.2) is 0 Å². The number of nitrogens with two attached hydrogens (primary N) is 1. The number of aromatic nitrogens is 2. The molecule has 4 heteroatoms. The van der Waals surface area contributed by atoms with Crippen molar-refractivity contribution in [3.63, 3.8) is 0 Å². The average Bonchev–Trinajstić information content (AvgIpc) is 2.96. The molecule has 0 atom stereocenters. The second kappa shape index (κ2) is 6.54. The number of hydrogen-bond donors (Lipinski definition) is 1. The minimum Gasteiger partial charge on any atom is -0.365 e. The largest absolute Gasteiger partial charge is 0.365 e. The van der Waals surface area contributed by atoms with Gasteiger partial charge in [-0.2, -0.15) is 5.10 Å². The van der Waals surface area contributed by atoms with Gasteiger partial charge in [0.25, 0.3) is 5.91 Å². The van der Waals surface area contributed by atoms with Crippen molar-refractivity contribution in [3.05, 3.63) is 84.1 Å². The normalized spacial score (nSPS) is 10.5. The summed E-state index contributed by atoms with van der Waals surface area (Å²) in [7, 11) is 0. The van der Waals surface area contributed by atoms with Crippen LogP contribution in [0, 0.1) is 6.92 Å². The van der Waals surface area contributed by atoms with Crippen LogP contribution >= 0.6 is 0 Å². The second-order valence-corrected chi connectivity index (χ2v) is 5.64. The highest BCUT2D eigenvalue weighted by atomic mass is 16.1. The van der Waals surface area contributed by atoms with E-state index in [1.165, 1.54) is 0 Å².